The molecule has 1 heterocycles. The zero-order chi connectivity index (χ0) is 26.7. The molecule has 0 saturated heterocycles. The maximum absolute atomic E-state index is 13.1. The van der Waals surface area contributed by atoms with Crippen LogP contribution >= 0.6 is 0 Å². The van der Waals surface area contributed by atoms with E-state index in [4.69, 9.17) is 11.5 Å². The van der Waals surface area contributed by atoms with Crippen molar-refractivity contribution < 1.29 is 34.2 Å². The molecule has 1 aromatic heterocycles. The Morgan fingerprint density at radius 3 is 2.14 bits per heavy atom. The number of aromatic hydroxyl groups is 1. The van der Waals surface area contributed by atoms with Gasteiger partial charge >= 0.3 is 5.97 Å². The molecule has 14 nitrogen and oxygen atoms in total. The highest BCUT2D eigenvalue weighted by atomic mass is 16.4. The summed E-state index contributed by atoms with van der Waals surface area (Å²) in [6, 6.07) is 2.02. The quantitative estimate of drug-likeness (QED) is 0.137. The fourth-order valence-corrected chi connectivity index (χ4v) is 3.25. The zero-order valence-corrected chi connectivity index (χ0v) is 19.3. The minimum Gasteiger partial charge on any atom is -0.508 e. The highest BCUT2D eigenvalue weighted by molar-refractivity contribution is 5.94. The Morgan fingerprint density at radius 1 is 0.944 bits per heavy atom. The maximum Gasteiger partial charge on any atom is 0.326 e. The minimum atomic E-state index is -1.33. The van der Waals surface area contributed by atoms with Gasteiger partial charge in [-0.2, -0.15) is 0 Å². The number of primary amides is 1. The van der Waals surface area contributed by atoms with Gasteiger partial charge < -0.3 is 42.6 Å². The summed E-state index contributed by atoms with van der Waals surface area (Å²) in [6.07, 6.45) is 2.27. The van der Waals surface area contributed by atoms with Gasteiger partial charge in [0.05, 0.1) is 12.9 Å². The number of rotatable bonds is 14. The van der Waals surface area contributed by atoms with E-state index in [0.717, 1.165) is 0 Å². The standard InChI is InChI=1S/C22H29N7O7/c23-9-19(32)27-15(5-6-18(24)31)20(33)28-16(7-12-1-3-14(30)4-2-12)21(34)29-17(22(35)36)8-13-10-25-11-26-13/h1-4,10-11,15-17,30H,5-9,23H2,(H2,24,31)(H,25,26)(H,27,32)(H,28,33)(H,29,34)(H,35,36). The van der Waals surface area contributed by atoms with Crippen molar-refractivity contribution in [2.45, 2.75) is 43.8 Å². The second kappa shape index (κ2) is 13.4. The third kappa shape index (κ3) is 9.06. The third-order valence-electron chi connectivity index (χ3n) is 5.12. The number of nitrogens with zero attached hydrogens (tertiary/aromatic N) is 1. The number of aliphatic carboxylic acids is 1. The van der Waals surface area contributed by atoms with E-state index in [9.17, 15) is 34.2 Å². The van der Waals surface area contributed by atoms with Crippen LogP contribution in [0.3, 0.4) is 0 Å². The average molecular weight is 504 g/mol. The van der Waals surface area contributed by atoms with Gasteiger partial charge in [0.25, 0.3) is 0 Å². The summed E-state index contributed by atoms with van der Waals surface area (Å²) in [5.41, 5.74) is 11.5. The van der Waals surface area contributed by atoms with E-state index in [2.05, 4.69) is 25.9 Å². The molecule has 3 atom stereocenters. The van der Waals surface area contributed by atoms with E-state index in [1.165, 1.54) is 36.8 Å². The summed E-state index contributed by atoms with van der Waals surface area (Å²) < 4.78 is 0. The van der Waals surface area contributed by atoms with E-state index in [-0.39, 0.29) is 31.4 Å². The molecule has 2 rings (SSSR count). The molecule has 4 amide bonds. The summed E-state index contributed by atoms with van der Waals surface area (Å²) in [5.74, 6) is -4.27. The van der Waals surface area contributed by atoms with Crippen molar-refractivity contribution in [3.05, 3.63) is 48.0 Å². The second-order valence-corrected chi connectivity index (χ2v) is 7.94. The van der Waals surface area contributed by atoms with Gasteiger partial charge in [-0.15, -0.1) is 0 Å². The largest absolute Gasteiger partial charge is 0.508 e. The lowest BCUT2D eigenvalue weighted by molar-refractivity contribution is -0.142. The monoisotopic (exact) mass is 503 g/mol. The lowest BCUT2D eigenvalue weighted by Crippen LogP contribution is -2.57. The molecule has 36 heavy (non-hydrogen) atoms. The van der Waals surface area contributed by atoms with Gasteiger partial charge in [-0.3, -0.25) is 19.2 Å². The molecule has 0 aliphatic carbocycles. The number of carbonyl (C=O) groups excluding carboxylic acids is 4. The first kappa shape index (κ1) is 27.8. The van der Waals surface area contributed by atoms with Crippen LogP contribution in [0.5, 0.6) is 5.75 Å². The molecule has 0 aliphatic rings. The lowest BCUT2D eigenvalue weighted by Gasteiger charge is -2.24. The number of benzene rings is 1. The number of carboxylic acid groups (broad SMARTS) is 1. The molecular formula is C22H29N7O7. The van der Waals surface area contributed by atoms with Gasteiger partial charge in [0.1, 0.15) is 23.9 Å². The second-order valence-electron chi connectivity index (χ2n) is 7.94. The van der Waals surface area contributed by atoms with Crippen LogP contribution in [-0.2, 0) is 36.8 Å². The Hall–Kier alpha value is -4.46. The van der Waals surface area contributed by atoms with Gasteiger partial charge in [0, 0.05) is 31.2 Å². The number of carbonyl (C=O) groups is 5. The highest BCUT2D eigenvalue weighted by Crippen LogP contribution is 2.12. The number of carboxylic acids is 1. The fraction of sp³-hybridized carbons (Fsp3) is 0.364. The number of hydrogen-bond donors (Lipinski definition) is 8. The van der Waals surface area contributed by atoms with Gasteiger partial charge in [-0.05, 0) is 24.1 Å². The van der Waals surface area contributed by atoms with Gasteiger partial charge in [0.2, 0.25) is 23.6 Å². The Kier molecular flexibility index (Phi) is 10.4. The summed E-state index contributed by atoms with van der Waals surface area (Å²) in [4.78, 5) is 67.4. The zero-order valence-electron chi connectivity index (χ0n) is 19.3. The van der Waals surface area contributed by atoms with Crippen LogP contribution in [-0.4, -0.2) is 74.4 Å². The van der Waals surface area contributed by atoms with Crippen LogP contribution in [0.4, 0.5) is 0 Å². The van der Waals surface area contributed by atoms with Crippen LogP contribution in [0.25, 0.3) is 0 Å². The molecule has 0 radical (unpaired) electrons. The Morgan fingerprint density at radius 2 is 1.58 bits per heavy atom. The highest BCUT2D eigenvalue weighted by Gasteiger charge is 2.30. The van der Waals surface area contributed by atoms with Crippen molar-refractivity contribution in [2.75, 3.05) is 6.54 Å². The SMILES string of the molecule is NCC(=O)NC(CCC(N)=O)C(=O)NC(Cc1ccc(O)cc1)C(=O)NC(Cc1cnc[nH]1)C(=O)O. The number of nitrogens with one attached hydrogen (secondary N) is 4. The average Bonchev–Trinajstić information content (AvgIpc) is 3.34. The number of imidazole rings is 1. The number of phenols is 1. The van der Waals surface area contributed by atoms with Crippen molar-refractivity contribution in [2.24, 2.45) is 11.5 Å². The molecule has 2 aromatic rings. The summed E-state index contributed by atoms with van der Waals surface area (Å²) in [5, 5.41) is 26.4. The molecule has 1 aromatic carbocycles. The van der Waals surface area contributed by atoms with E-state index >= 15 is 0 Å². The van der Waals surface area contributed by atoms with Crippen molar-refractivity contribution in [1.82, 2.24) is 25.9 Å². The van der Waals surface area contributed by atoms with Crippen molar-refractivity contribution in [3.63, 3.8) is 0 Å². The minimum absolute atomic E-state index is 0.00898. The Labute approximate surface area is 205 Å². The smallest absolute Gasteiger partial charge is 0.326 e. The Bertz CT molecular complexity index is 1060. The molecule has 194 valence electrons. The molecule has 0 spiro atoms. The third-order valence-corrected chi connectivity index (χ3v) is 5.12. The first-order valence-corrected chi connectivity index (χ1v) is 11.0. The van der Waals surface area contributed by atoms with Gasteiger partial charge in [0.15, 0.2) is 0 Å². The molecule has 3 unspecified atom stereocenters. The van der Waals surface area contributed by atoms with Crippen LogP contribution in [0.2, 0.25) is 0 Å². The number of nitrogens with two attached hydrogens (primary N) is 2. The first-order chi connectivity index (χ1) is 17.1. The molecule has 0 bridgehead atoms. The van der Waals surface area contributed by atoms with E-state index in [1.807, 2.05) is 0 Å². The van der Waals surface area contributed by atoms with E-state index in [1.54, 1.807) is 0 Å². The molecular weight excluding hydrogens is 474 g/mol. The number of phenolic OH excluding ortho intramolecular Hbond substituents is 1. The molecule has 0 aliphatic heterocycles. The van der Waals surface area contributed by atoms with Crippen LogP contribution < -0.4 is 27.4 Å². The van der Waals surface area contributed by atoms with E-state index in [0.29, 0.717) is 11.3 Å². The predicted molar refractivity (Wildman–Crippen MR) is 125 cm³/mol. The summed E-state index contributed by atoms with van der Waals surface area (Å²) in [7, 11) is 0. The van der Waals surface area contributed by atoms with Crippen LogP contribution in [0.15, 0.2) is 36.8 Å². The predicted octanol–water partition coefficient (Wildman–Crippen LogP) is -2.34. The van der Waals surface area contributed by atoms with Crippen LogP contribution in [0.1, 0.15) is 24.1 Å². The van der Waals surface area contributed by atoms with Crippen LogP contribution in [0, 0.1) is 0 Å². The number of aromatic nitrogens is 2. The number of aromatic amines is 1. The normalized spacial score (nSPS) is 13.1. The van der Waals surface area contributed by atoms with Gasteiger partial charge in [-0.25, -0.2) is 9.78 Å². The van der Waals surface area contributed by atoms with Crippen molar-refractivity contribution in [1.29, 1.82) is 0 Å². The number of hydrogen-bond acceptors (Lipinski definition) is 8. The Balaban J connectivity index is 2.24. The fourth-order valence-electron chi connectivity index (χ4n) is 3.25. The summed E-state index contributed by atoms with van der Waals surface area (Å²) >= 11 is 0. The number of H-pyrrole nitrogens is 1. The maximum atomic E-state index is 13.1. The first-order valence-electron chi connectivity index (χ1n) is 11.0. The number of amides is 4. The molecule has 14 heteroatoms. The topological polar surface area (TPSA) is 243 Å². The lowest BCUT2D eigenvalue weighted by atomic mass is 10.0. The summed E-state index contributed by atoms with van der Waals surface area (Å²) in [6.45, 7) is -0.411. The van der Waals surface area contributed by atoms with E-state index < -0.39 is 54.3 Å². The molecule has 0 fully saturated rings. The van der Waals surface area contributed by atoms with Gasteiger partial charge in [-0.1, -0.05) is 12.1 Å². The van der Waals surface area contributed by atoms with Crippen molar-refractivity contribution >= 4 is 29.6 Å². The molecule has 0 saturated carbocycles. The van der Waals surface area contributed by atoms with Crippen molar-refractivity contribution in [3.8, 4) is 5.75 Å². The molecule has 10 N–H and O–H groups in total.